The molecule has 2 atom stereocenters. The quantitative estimate of drug-likeness (QED) is 0.785. The molecule has 0 spiro atoms. The van der Waals surface area contributed by atoms with Gasteiger partial charge in [0, 0.05) is 0 Å². The van der Waals surface area contributed by atoms with E-state index in [4.69, 9.17) is 4.74 Å². The molecule has 21 heavy (non-hydrogen) atoms. The molecule has 1 aliphatic heterocycles. The molecule has 0 bridgehead atoms. The first kappa shape index (κ1) is 15.6. The molecule has 0 radical (unpaired) electrons. The van der Waals surface area contributed by atoms with Crippen LogP contribution in [0.1, 0.15) is 64.2 Å². The molecule has 1 saturated heterocycles. The summed E-state index contributed by atoms with van der Waals surface area (Å²) in [6, 6.07) is 0. The highest BCUT2D eigenvalue weighted by Crippen LogP contribution is 2.43. The number of aliphatic hydroxyl groups excluding tert-OH is 1. The highest BCUT2D eigenvalue weighted by molar-refractivity contribution is 4.88. The first-order valence-corrected chi connectivity index (χ1v) is 9.18. The van der Waals surface area contributed by atoms with Crippen LogP contribution < -0.4 is 0 Å². The minimum absolute atomic E-state index is 0.211. The van der Waals surface area contributed by atoms with E-state index in [2.05, 4.69) is 12.7 Å². The molecule has 3 fully saturated rings. The average molecular weight is 292 g/mol. The maximum Gasteiger partial charge on any atom is 0.0774 e. The van der Waals surface area contributed by atoms with E-state index in [1.807, 2.05) is 0 Å². The minimum Gasteiger partial charge on any atom is -0.391 e. The molecule has 2 aliphatic carbocycles. The van der Waals surface area contributed by atoms with Crippen molar-refractivity contribution in [1.82, 2.24) is 0 Å². The summed E-state index contributed by atoms with van der Waals surface area (Å²) in [4.78, 5) is 0. The molecule has 1 N–H and O–H groups in total. The molecule has 0 amide bonds. The molecule has 0 aromatic carbocycles. The van der Waals surface area contributed by atoms with Crippen LogP contribution in [-0.4, -0.2) is 23.9 Å². The first-order valence-electron chi connectivity index (χ1n) is 9.18. The van der Waals surface area contributed by atoms with Crippen LogP contribution in [0.2, 0.25) is 0 Å². The molecule has 3 aliphatic rings. The SMILES string of the molecule is C=CC1CCC(C2CCC(C3CCC(O)CO3)CC2)CC1. The third-order valence-corrected chi connectivity index (χ3v) is 6.45. The van der Waals surface area contributed by atoms with Crippen LogP contribution in [0.5, 0.6) is 0 Å². The molecular weight excluding hydrogens is 260 g/mol. The molecule has 2 unspecified atom stereocenters. The van der Waals surface area contributed by atoms with Gasteiger partial charge in [0.25, 0.3) is 0 Å². The van der Waals surface area contributed by atoms with Gasteiger partial charge in [-0.3, -0.25) is 0 Å². The second-order valence-electron chi connectivity index (χ2n) is 7.69. The van der Waals surface area contributed by atoms with Gasteiger partial charge in [-0.25, -0.2) is 0 Å². The van der Waals surface area contributed by atoms with Gasteiger partial charge in [0.1, 0.15) is 0 Å². The largest absolute Gasteiger partial charge is 0.391 e. The lowest BCUT2D eigenvalue weighted by molar-refractivity contribution is -0.0872. The molecule has 2 heteroatoms. The van der Waals surface area contributed by atoms with Crippen LogP contribution in [0, 0.1) is 23.7 Å². The van der Waals surface area contributed by atoms with E-state index in [0.29, 0.717) is 12.7 Å². The normalized spacial score (nSPS) is 45.2. The molecule has 2 saturated carbocycles. The van der Waals surface area contributed by atoms with Gasteiger partial charge >= 0.3 is 0 Å². The lowest BCUT2D eigenvalue weighted by Gasteiger charge is -2.40. The Morgan fingerprint density at radius 1 is 0.762 bits per heavy atom. The van der Waals surface area contributed by atoms with Gasteiger partial charge in [0.05, 0.1) is 18.8 Å². The zero-order chi connectivity index (χ0) is 14.7. The molecule has 0 aromatic heterocycles. The predicted octanol–water partition coefficient (Wildman–Crippen LogP) is 4.33. The summed E-state index contributed by atoms with van der Waals surface area (Å²) in [5.74, 6) is 3.51. The number of hydrogen-bond donors (Lipinski definition) is 1. The van der Waals surface area contributed by atoms with Gasteiger partial charge in [-0.15, -0.1) is 6.58 Å². The van der Waals surface area contributed by atoms with Gasteiger partial charge in [0.2, 0.25) is 0 Å². The van der Waals surface area contributed by atoms with Crippen molar-refractivity contribution in [2.75, 3.05) is 6.61 Å². The summed E-state index contributed by atoms with van der Waals surface area (Å²) in [7, 11) is 0. The van der Waals surface area contributed by atoms with E-state index < -0.39 is 0 Å². The van der Waals surface area contributed by atoms with Crippen LogP contribution in [0.4, 0.5) is 0 Å². The van der Waals surface area contributed by atoms with E-state index in [-0.39, 0.29) is 6.10 Å². The zero-order valence-electron chi connectivity index (χ0n) is 13.4. The Hall–Kier alpha value is -0.340. The van der Waals surface area contributed by atoms with E-state index in [0.717, 1.165) is 36.5 Å². The Labute approximate surface area is 130 Å². The number of ether oxygens (including phenoxy) is 1. The molecule has 1 heterocycles. The highest BCUT2D eigenvalue weighted by Gasteiger charge is 2.34. The van der Waals surface area contributed by atoms with Gasteiger partial charge in [0.15, 0.2) is 0 Å². The third-order valence-electron chi connectivity index (χ3n) is 6.45. The van der Waals surface area contributed by atoms with Crippen LogP contribution in [0.25, 0.3) is 0 Å². The van der Waals surface area contributed by atoms with Gasteiger partial charge in [-0.1, -0.05) is 6.08 Å². The van der Waals surface area contributed by atoms with Crippen molar-refractivity contribution in [1.29, 1.82) is 0 Å². The summed E-state index contributed by atoms with van der Waals surface area (Å²) in [5, 5.41) is 9.55. The average Bonchev–Trinajstić information content (AvgIpc) is 2.56. The van der Waals surface area contributed by atoms with E-state index in [1.165, 1.54) is 51.4 Å². The number of hydrogen-bond acceptors (Lipinski definition) is 2. The van der Waals surface area contributed by atoms with Crippen LogP contribution in [0.15, 0.2) is 12.7 Å². The molecule has 0 aromatic rings. The Bertz CT molecular complexity index is 316. The van der Waals surface area contributed by atoms with Crippen molar-refractivity contribution in [3.8, 4) is 0 Å². The van der Waals surface area contributed by atoms with Crippen molar-refractivity contribution >= 4 is 0 Å². The lowest BCUT2D eigenvalue weighted by Crippen LogP contribution is -2.37. The maximum absolute atomic E-state index is 9.55. The van der Waals surface area contributed by atoms with E-state index in [1.54, 1.807) is 0 Å². The highest BCUT2D eigenvalue weighted by atomic mass is 16.5. The minimum atomic E-state index is -0.211. The summed E-state index contributed by atoms with van der Waals surface area (Å²) >= 11 is 0. The second kappa shape index (κ2) is 7.28. The summed E-state index contributed by atoms with van der Waals surface area (Å²) in [5.41, 5.74) is 0. The fourth-order valence-corrected chi connectivity index (χ4v) is 4.97. The molecule has 3 rings (SSSR count). The van der Waals surface area contributed by atoms with Gasteiger partial charge in [-0.2, -0.15) is 0 Å². The monoisotopic (exact) mass is 292 g/mol. The predicted molar refractivity (Wildman–Crippen MR) is 86.1 cm³/mol. The fraction of sp³-hybridized carbons (Fsp3) is 0.895. The van der Waals surface area contributed by atoms with Gasteiger partial charge < -0.3 is 9.84 Å². The smallest absolute Gasteiger partial charge is 0.0774 e. The van der Waals surface area contributed by atoms with Crippen molar-refractivity contribution in [2.24, 2.45) is 23.7 Å². The Kier molecular flexibility index (Phi) is 5.39. The van der Waals surface area contributed by atoms with Crippen molar-refractivity contribution in [3.63, 3.8) is 0 Å². The van der Waals surface area contributed by atoms with Gasteiger partial charge in [-0.05, 0) is 87.9 Å². The van der Waals surface area contributed by atoms with Crippen molar-refractivity contribution < 1.29 is 9.84 Å². The summed E-state index contributed by atoms with van der Waals surface area (Å²) in [6.07, 6.45) is 15.5. The lowest BCUT2D eigenvalue weighted by atomic mass is 9.68. The van der Waals surface area contributed by atoms with Crippen LogP contribution >= 0.6 is 0 Å². The first-order chi connectivity index (χ1) is 10.3. The standard InChI is InChI=1S/C19H32O2/c1-2-14-3-5-15(6-4-14)16-7-9-17(10-8-16)19-12-11-18(20)13-21-19/h2,14-20H,1,3-13H2. The Morgan fingerprint density at radius 2 is 1.33 bits per heavy atom. The fourth-order valence-electron chi connectivity index (χ4n) is 4.97. The molecular formula is C19H32O2. The summed E-state index contributed by atoms with van der Waals surface area (Å²) < 4.78 is 5.88. The van der Waals surface area contributed by atoms with Crippen LogP contribution in [-0.2, 0) is 4.74 Å². The maximum atomic E-state index is 9.55. The number of aliphatic hydroxyl groups is 1. The molecule has 2 nitrogen and oxygen atoms in total. The second-order valence-corrected chi connectivity index (χ2v) is 7.69. The Balaban J connectivity index is 1.42. The van der Waals surface area contributed by atoms with E-state index in [9.17, 15) is 5.11 Å². The Morgan fingerprint density at radius 3 is 1.86 bits per heavy atom. The summed E-state index contributed by atoms with van der Waals surface area (Å²) in [6.45, 7) is 4.52. The van der Waals surface area contributed by atoms with Crippen molar-refractivity contribution in [3.05, 3.63) is 12.7 Å². The van der Waals surface area contributed by atoms with Crippen LogP contribution in [0.3, 0.4) is 0 Å². The van der Waals surface area contributed by atoms with Crippen molar-refractivity contribution in [2.45, 2.75) is 76.4 Å². The third kappa shape index (κ3) is 3.90. The number of rotatable bonds is 3. The molecule has 120 valence electrons. The zero-order valence-corrected chi connectivity index (χ0v) is 13.4. The number of allylic oxidation sites excluding steroid dienone is 1. The van der Waals surface area contributed by atoms with E-state index >= 15 is 0 Å². The topological polar surface area (TPSA) is 29.5 Å².